The van der Waals surface area contributed by atoms with Crippen molar-refractivity contribution in [3.05, 3.63) is 0 Å². The molecule has 0 saturated carbocycles. The molecule has 1 nitrogen and oxygen atoms in total. The van der Waals surface area contributed by atoms with Gasteiger partial charge in [-0.05, 0) is 51.9 Å². The summed E-state index contributed by atoms with van der Waals surface area (Å²) in [5.41, 5.74) is 0. The van der Waals surface area contributed by atoms with Crippen LogP contribution in [0.5, 0.6) is 0 Å². The minimum absolute atomic E-state index is 0.313. The lowest BCUT2D eigenvalue weighted by Gasteiger charge is -2.16. The van der Waals surface area contributed by atoms with E-state index < -0.39 is 0 Å². The Labute approximate surface area is 85.8 Å². The summed E-state index contributed by atoms with van der Waals surface area (Å²) < 4.78 is 0. The molecule has 0 heterocycles. The van der Waals surface area contributed by atoms with E-state index in [0.29, 0.717) is 5.38 Å². The molecule has 0 aliphatic carbocycles. The first-order chi connectivity index (χ1) is 5.66. The summed E-state index contributed by atoms with van der Waals surface area (Å²) in [7, 11) is 2.17. The van der Waals surface area contributed by atoms with Crippen LogP contribution in [0.2, 0.25) is 0 Å². The number of alkyl halides is 1. The molecule has 0 fully saturated rings. The van der Waals surface area contributed by atoms with Crippen molar-refractivity contribution in [3.63, 3.8) is 0 Å². The fraction of sp³-hybridized carbons (Fsp3) is 1.00. The smallest absolute Gasteiger partial charge is 0.0320 e. The van der Waals surface area contributed by atoms with Gasteiger partial charge in [0.15, 0.2) is 0 Å². The van der Waals surface area contributed by atoms with Gasteiger partial charge in [0.1, 0.15) is 0 Å². The first-order valence-electron chi connectivity index (χ1n) is 4.48. The minimum Gasteiger partial charge on any atom is -0.306 e. The van der Waals surface area contributed by atoms with Crippen LogP contribution in [-0.4, -0.2) is 42.4 Å². The van der Waals surface area contributed by atoms with Gasteiger partial charge in [0.05, 0.1) is 0 Å². The summed E-state index contributed by atoms with van der Waals surface area (Å²) in [6, 6.07) is 0. The van der Waals surface area contributed by atoms with Crippen molar-refractivity contribution in [2.24, 2.45) is 0 Å². The van der Waals surface area contributed by atoms with Gasteiger partial charge in [-0.1, -0.05) is 0 Å². The minimum atomic E-state index is 0.313. The van der Waals surface area contributed by atoms with Crippen LogP contribution < -0.4 is 0 Å². The van der Waals surface area contributed by atoms with E-state index in [9.17, 15) is 0 Å². The molecule has 0 saturated heterocycles. The van der Waals surface area contributed by atoms with Crippen LogP contribution in [0.3, 0.4) is 0 Å². The van der Waals surface area contributed by atoms with E-state index in [2.05, 4.69) is 25.1 Å². The topological polar surface area (TPSA) is 3.24 Å². The maximum absolute atomic E-state index is 5.85. The average Bonchev–Trinajstić information content (AvgIpc) is 2.01. The predicted octanol–water partition coefficient (Wildman–Crippen LogP) is 2.69. The van der Waals surface area contributed by atoms with Gasteiger partial charge in [-0.15, -0.1) is 11.6 Å². The second-order valence-corrected chi connectivity index (χ2v) is 4.95. The van der Waals surface area contributed by atoms with Crippen molar-refractivity contribution in [1.82, 2.24) is 4.90 Å². The zero-order valence-electron chi connectivity index (χ0n) is 8.35. The van der Waals surface area contributed by atoms with Crippen molar-refractivity contribution >= 4 is 23.4 Å². The number of thioether (sulfide) groups is 1. The molecule has 0 aliphatic rings. The molecule has 0 aliphatic heterocycles. The average molecular weight is 210 g/mol. The highest BCUT2D eigenvalue weighted by Crippen LogP contribution is 2.02. The summed E-state index contributed by atoms with van der Waals surface area (Å²) in [5.74, 6) is 1.26. The molecule has 0 bridgehead atoms. The van der Waals surface area contributed by atoms with Gasteiger partial charge in [0, 0.05) is 5.38 Å². The molecular formula is C9H20ClNS. The Morgan fingerprint density at radius 3 is 2.58 bits per heavy atom. The molecule has 0 N–H and O–H groups in total. The van der Waals surface area contributed by atoms with E-state index in [1.165, 1.54) is 18.7 Å². The first kappa shape index (κ1) is 12.6. The Kier molecular flexibility index (Phi) is 8.62. The maximum atomic E-state index is 5.85. The van der Waals surface area contributed by atoms with Crippen LogP contribution in [0, 0.1) is 0 Å². The third kappa shape index (κ3) is 8.69. The van der Waals surface area contributed by atoms with E-state index in [0.717, 1.165) is 13.0 Å². The molecule has 0 radical (unpaired) electrons. The molecule has 0 aromatic rings. The fourth-order valence-electron chi connectivity index (χ4n) is 0.989. The Hall–Kier alpha value is 0.600. The highest BCUT2D eigenvalue weighted by Gasteiger charge is 2.00. The normalized spacial score (nSPS) is 13.8. The van der Waals surface area contributed by atoms with Crippen LogP contribution >= 0.6 is 23.4 Å². The standard InChI is InChI=1S/C9H20ClNS/c1-9(10)5-7-11(2)6-4-8-12-3/h9H,4-8H2,1-3H3. The van der Waals surface area contributed by atoms with E-state index in [1.54, 1.807) is 0 Å². The zero-order valence-corrected chi connectivity index (χ0v) is 9.92. The van der Waals surface area contributed by atoms with Crippen LogP contribution in [0.15, 0.2) is 0 Å². The lowest BCUT2D eigenvalue weighted by molar-refractivity contribution is 0.330. The van der Waals surface area contributed by atoms with Crippen molar-refractivity contribution in [3.8, 4) is 0 Å². The molecule has 0 spiro atoms. The third-order valence-electron chi connectivity index (χ3n) is 1.80. The number of nitrogens with zero attached hydrogens (tertiary/aromatic N) is 1. The Balaban J connectivity index is 3.15. The fourth-order valence-corrected chi connectivity index (χ4v) is 1.50. The highest BCUT2D eigenvalue weighted by molar-refractivity contribution is 7.98. The monoisotopic (exact) mass is 209 g/mol. The summed E-state index contributed by atoms with van der Waals surface area (Å²) >= 11 is 7.77. The predicted molar refractivity (Wildman–Crippen MR) is 60.4 cm³/mol. The van der Waals surface area contributed by atoms with Crippen molar-refractivity contribution < 1.29 is 0 Å². The van der Waals surface area contributed by atoms with Gasteiger partial charge in [0.2, 0.25) is 0 Å². The molecule has 74 valence electrons. The van der Waals surface area contributed by atoms with Gasteiger partial charge < -0.3 is 4.90 Å². The number of hydrogen-bond acceptors (Lipinski definition) is 2. The molecule has 1 atom stereocenters. The van der Waals surface area contributed by atoms with Crippen LogP contribution in [0.25, 0.3) is 0 Å². The lowest BCUT2D eigenvalue weighted by Crippen LogP contribution is -2.22. The van der Waals surface area contributed by atoms with Gasteiger partial charge in [-0.25, -0.2) is 0 Å². The van der Waals surface area contributed by atoms with Gasteiger partial charge >= 0.3 is 0 Å². The molecular weight excluding hydrogens is 190 g/mol. The second kappa shape index (κ2) is 8.21. The summed E-state index contributed by atoms with van der Waals surface area (Å²) in [6.45, 7) is 4.38. The molecule has 1 unspecified atom stereocenters. The Morgan fingerprint density at radius 1 is 1.42 bits per heavy atom. The summed E-state index contributed by atoms with van der Waals surface area (Å²) in [6.07, 6.45) is 4.53. The number of halogens is 1. The van der Waals surface area contributed by atoms with Crippen LogP contribution in [0.4, 0.5) is 0 Å². The van der Waals surface area contributed by atoms with Gasteiger partial charge in [-0.3, -0.25) is 0 Å². The number of hydrogen-bond donors (Lipinski definition) is 0. The molecule has 0 aromatic carbocycles. The molecule has 3 heteroatoms. The maximum Gasteiger partial charge on any atom is 0.0320 e. The van der Waals surface area contributed by atoms with Crippen LogP contribution in [0.1, 0.15) is 19.8 Å². The highest BCUT2D eigenvalue weighted by atomic mass is 35.5. The van der Waals surface area contributed by atoms with Crippen LogP contribution in [-0.2, 0) is 0 Å². The first-order valence-corrected chi connectivity index (χ1v) is 6.31. The van der Waals surface area contributed by atoms with E-state index in [4.69, 9.17) is 11.6 Å². The lowest BCUT2D eigenvalue weighted by atomic mass is 10.3. The van der Waals surface area contributed by atoms with Crippen molar-refractivity contribution in [1.29, 1.82) is 0 Å². The van der Waals surface area contributed by atoms with Crippen molar-refractivity contribution in [2.75, 3.05) is 32.1 Å². The largest absolute Gasteiger partial charge is 0.306 e. The Morgan fingerprint density at radius 2 is 2.08 bits per heavy atom. The molecule has 0 aromatic heterocycles. The van der Waals surface area contributed by atoms with Gasteiger partial charge in [0.25, 0.3) is 0 Å². The number of rotatable bonds is 7. The molecule has 0 amide bonds. The Bertz CT molecular complexity index is 98.5. The SMILES string of the molecule is CSCCCN(C)CCC(C)Cl. The summed E-state index contributed by atoms with van der Waals surface area (Å²) in [4.78, 5) is 2.36. The third-order valence-corrected chi connectivity index (χ3v) is 2.71. The van der Waals surface area contributed by atoms with E-state index in [1.807, 2.05) is 11.8 Å². The second-order valence-electron chi connectivity index (χ2n) is 3.22. The zero-order chi connectivity index (χ0) is 9.40. The van der Waals surface area contributed by atoms with Crippen molar-refractivity contribution in [2.45, 2.75) is 25.1 Å². The van der Waals surface area contributed by atoms with E-state index in [-0.39, 0.29) is 0 Å². The van der Waals surface area contributed by atoms with E-state index >= 15 is 0 Å². The van der Waals surface area contributed by atoms with Gasteiger partial charge in [-0.2, -0.15) is 11.8 Å². The summed E-state index contributed by atoms with van der Waals surface area (Å²) in [5, 5.41) is 0.313. The quantitative estimate of drug-likeness (QED) is 0.469. The molecule has 12 heavy (non-hydrogen) atoms. The molecule has 0 rings (SSSR count).